The molecule has 0 aliphatic heterocycles. The molecule has 0 unspecified atom stereocenters. The van der Waals surface area contributed by atoms with Crippen molar-refractivity contribution >= 4 is 11.2 Å². The van der Waals surface area contributed by atoms with Gasteiger partial charge in [-0.25, -0.2) is 0 Å². The molecular weight excluding hydrogens is 164 g/mol. The fourth-order valence-corrected chi connectivity index (χ4v) is 2.23. The first kappa shape index (κ1) is 7.25. The molecule has 2 nitrogen and oxygen atoms in total. The van der Waals surface area contributed by atoms with Crippen LogP contribution in [0.5, 0.6) is 0 Å². The summed E-state index contributed by atoms with van der Waals surface area (Å²) in [7, 11) is 0. The lowest BCUT2D eigenvalue weighted by atomic mass is 9.98. The molecule has 2 heteroatoms. The van der Waals surface area contributed by atoms with E-state index in [0.29, 0.717) is 0 Å². The molecule has 0 spiro atoms. The number of rotatable bonds is 1. The Bertz CT molecular complexity index is 404. The molecule has 0 N–H and O–H groups in total. The molecule has 0 atom stereocenters. The van der Waals surface area contributed by atoms with Crippen LogP contribution in [0.25, 0.3) is 11.2 Å². The number of benzene rings is 1. The normalized spacial score (nSPS) is 18.8. The van der Waals surface area contributed by atoms with Crippen molar-refractivity contribution < 1.29 is 9.15 Å². The molecule has 1 aliphatic rings. The van der Waals surface area contributed by atoms with Gasteiger partial charge in [0.2, 0.25) is 11.2 Å². The van der Waals surface area contributed by atoms with E-state index in [0.717, 1.165) is 17.1 Å². The van der Waals surface area contributed by atoms with Crippen molar-refractivity contribution in [1.29, 1.82) is 0 Å². The van der Waals surface area contributed by atoms with Crippen LogP contribution in [0.3, 0.4) is 0 Å². The zero-order valence-electron chi connectivity index (χ0n) is 7.45. The maximum Gasteiger partial charge on any atom is 0.225 e. The Hall–Kier alpha value is -1.18. The van der Waals surface area contributed by atoms with Crippen molar-refractivity contribution in [3.63, 3.8) is 0 Å². The van der Waals surface area contributed by atoms with Gasteiger partial charge in [-0.05, 0) is 36.5 Å². The van der Waals surface area contributed by atoms with E-state index in [1.807, 2.05) is 6.07 Å². The van der Waals surface area contributed by atoms with Crippen LogP contribution in [-0.4, -0.2) is 0 Å². The summed E-state index contributed by atoms with van der Waals surface area (Å²) in [5, 5.41) is 0. The lowest BCUT2D eigenvalue weighted by molar-refractivity contribution is 0.0588. The summed E-state index contributed by atoms with van der Waals surface area (Å²) >= 11 is 0. The number of hydrogen-bond acceptors (Lipinski definition) is 2. The molecule has 1 aromatic heterocycles. The molecular formula is C11H12O2. The van der Waals surface area contributed by atoms with Crippen molar-refractivity contribution in [2.45, 2.75) is 31.6 Å². The van der Waals surface area contributed by atoms with Gasteiger partial charge in [-0.15, -0.1) is 0 Å². The van der Waals surface area contributed by atoms with Gasteiger partial charge in [-0.1, -0.05) is 18.9 Å². The second-order valence-electron chi connectivity index (χ2n) is 3.85. The van der Waals surface area contributed by atoms with Gasteiger partial charge >= 0.3 is 0 Å². The van der Waals surface area contributed by atoms with Gasteiger partial charge in [-0.2, -0.15) is 0 Å². The maximum atomic E-state index is 4.88. The van der Waals surface area contributed by atoms with Crippen LogP contribution in [0.15, 0.2) is 27.4 Å². The van der Waals surface area contributed by atoms with Crippen LogP contribution in [0.1, 0.15) is 37.2 Å². The van der Waals surface area contributed by atoms with Gasteiger partial charge in [0, 0.05) is 0 Å². The Balaban J connectivity index is 1.98. The first-order chi connectivity index (χ1) is 6.43. The lowest BCUT2D eigenvalue weighted by Crippen LogP contribution is -1.92. The van der Waals surface area contributed by atoms with E-state index in [4.69, 9.17) is 9.15 Å². The molecule has 0 bridgehead atoms. The van der Waals surface area contributed by atoms with Crippen LogP contribution < -0.4 is 0 Å². The summed E-state index contributed by atoms with van der Waals surface area (Å²) in [6.07, 6.45) is 5.41. The highest BCUT2D eigenvalue weighted by atomic mass is 17.0. The Morgan fingerprint density at radius 1 is 1.00 bits per heavy atom. The van der Waals surface area contributed by atoms with E-state index in [1.165, 1.54) is 31.2 Å². The predicted molar refractivity (Wildman–Crippen MR) is 49.7 cm³/mol. The fraction of sp³-hybridized carbons (Fsp3) is 0.455. The lowest BCUT2D eigenvalue weighted by Gasteiger charge is -2.09. The molecule has 2 aromatic rings. The van der Waals surface area contributed by atoms with E-state index in [1.54, 1.807) is 0 Å². The zero-order chi connectivity index (χ0) is 8.67. The fourth-order valence-electron chi connectivity index (χ4n) is 2.23. The third-order valence-corrected chi connectivity index (χ3v) is 3.02. The summed E-state index contributed by atoms with van der Waals surface area (Å²) in [6, 6.07) is 6.29. The topological polar surface area (TPSA) is 26.3 Å². The minimum atomic E-state index is 0.759. The van der Waals surface area contributed by atoms with E-state index < -0.39 is 0 Å². The van der Waals surface area contributed by atoms with Crippen LogP contribution in [-0.2, 0) is 0 Å². The Kier molecular flexibility index (Phi) is 1.48. The smallest absolute Gasteiger partial charge is 0.225 e. The average molecular weight is 176 g/mol. The quantitative estimate of drug-likeness (QED) is 0.619. The van der Waals surface area contributed by atoms with Gasteiger partial charge in [0.1, 0.15) is 0 Å². The molecule has 0 radical (unpaired) electrons. The predicted octanol–water partition coefficient (Wildman–Crippen LogP) is 3.68. The SMILES string of the molecule is c1cc2ooc2cc1C1CCCC1. The summed E-state index contributed by atoms with van der Waals surface area (Å²) in [4.78, 5) is 0. The van der Waals surface area contributed by atoms with Gasteiger partial charge in [0.15, 0.2) is 0 Å². The van der Waals surface area contributed by atoms with Gasteiger partial charge in [0.05, 0.1) is 0 Å². The second kappa shape index (κ2) is 2.66. The molecule has 0 saturated heterocycles. The summed E-state index contributed by atoms with van der Waals surface area (Å²) in [5.41, 5.74) is 3.20. The molecule has 1 aliphatic carbocycles. The second-order valence-corrected chi connectivity index (χ2v) is 3.85. The first-order valence-corrected chi connectivity index (χ1v) is 4.92. The molecule has 0 amide bonds. The van der Waals surface area contributed by atoms with Crippen molar-refractivity contribution in [2.24, 2.45) is 0 Å². The number of hydrogen-bond donors (Lipinski definition) is 0. The maximum absolute atomic E-state index is 4.88. The molecule has 68 valence electrons. The monoisotopic (exact) mass is 176 g/mol. The van der Waals surface area contributed by atoms with Gasteiger partial charge < -0.3 is 0 Å². The highest BCUT2D eigenvalue weighted by molar-refractivity contribution is 5.71. The highest BCUT2D eigenvalue weighted by Gasteiger charge is 2.18. The largest absolute Gasteiger partial charge is 0.286 e. The third kappa shape index (κ3) is 1.09. The first-order valence-electron chi connectivity index (χ1n) is 4.92. The van der Waals surface area contributed by atoms with Crippen molar-refractivity contribution in [3.8, 4) is 0 Å². The van der Waals surface area contributed by atoms with Crippen LogP contribution in [0.2, 0.25) is 0 Å². The molecule has 3 rings (SSSR count). The summed E-state index contributed by atoms with van der Waals surface area (Å²) in [5.74, 6) is 0.759. The minimum absolute atomic E-state index is 0.759. The van der Waals surface area contributed by atoms with Crippen LogP contribution in [0, 0.1) is 0 Å². The molecule has 1 heterocycles. The Labute approximate surface area is 76.4 Å². The summed E-state index contributed by atoms with van der Waals surface area (Å²) < 4.78 is 9.67. The van der Waals surface area contributed by atoms with Crippen molar-refractivity contribution in [2.75, 3.05) is 0 Å². The van der Waals surface area contributed by atoms with Crippen LogP contribution >= 0.6 is 0 Å². The Morgan fingerprint density at radius 2 is 1.77 bits per heavy atom. The molecule has 1 fully saturated rings. The van der Waals surface area contributed by atoms with Gasteiger partial charge in [0.25, 0.3) is 0 Å². The van der Waals surface area contributed by atoms with Crippen molar-refractivity contribution in [3.05, 3.63) is 23.8 Å². The molecule has 13 heavy (non-hydrogen) atoms. The molecule has 1 aromatic carbocycles. The highest BCUT2D eigenvalue weighted by Crippen LogP contribution is 2.35. The van der Waals surface area contributed by atoms with Crippen LogP contribution in [0.4, 0.5) is 0 Å². The van der Waals surface area contributed by atoms with Gasteiger partial charge in [-0.3, -0.25) is 9.15 Å². The standard InChI is InChI=1S/C11H12O2/c1-2-4-8(3-1)9-5-6-10-11(7-9)13-12-10/h5-8H,1-4H2. The summed E-state index contributed by atoms with van der Waals surface area (Å²) in [6.45, 7) is 0. The van der Waals surface area contributed by atoms with Crippen molar-refractivity contribution in [1.82, 2.24) is 0 Å². The van der Waals surface area contributed by atoms with E-state index in [-0.39, 0.29) is 0 Å². The zero-order valence-corrected chi connectivity index (χ0v) is 7.45. The molecule has 1 saturated carbocycles. The van der Waals surface area contributed by atoms with E-state index >= 15 is 0 Å². The van der Waals surface area contributed by atoms with E-state index in [9.17, 15) is 0 Å². The Morgan fingerprint density at radius 3 is 2.38 bits per heavy atom. The third-order valence-electron chi connectivity index (χ3n) is 3.02. The van der Waals surface area contributed by atoms with E-state index in [2.05, 4.69) is 12.1 Å². The average Bonchev–Trinajstić information content (AvgIpc) is 2.59. The number of fused-ring (bicyclic) bond motifs is 1. The minimum Gasteiger partial charge on any atom is -0.286 e.